The number of esters is 1. The molecule has 0 spiro atoms. The van der Waals surface area contributed by atoms with Crippen molar-refractivity contribution in [2.75, 3.05) is 6.61 Å². The molecule has 0 radical (unpaired) electrons. The highest BCUT2D eigenvalue weighted by Gasteiger charge is 2.15. The fraction of sp³-hybridized carbons (Fsp3) is 0.125. The minimum Gasteiger partial charge on any atom is -0.454 e. The first kappa shape index (κ1) is 11.1. The summed E-state index contributed by atoms with van der Waals surface area (Å²) in [5.74, 6) is -1.73. The standard InChI is InChI=1S/C8H9NO4/c1-5(7(9)11)6(2)8(12)13-4-3-10/h3H,1-2,4H2,(H2,9,11). The largest absolute Gasteiger partial charge is 0.454 e. The number of carbonyl (C=O) groups excluding carboxylic acids is 3. The van der Waals surface area contributed by atoms with E-state index in [9.17, 15) is 14.4 Å². The van der Waals surface area contributed by atoms with Crippen LogP contribution in [0.1, 0.15) is 0 Å². The zero-order valence-corrected chi connectivity index (χ0v) is 6.91. The molecule has 0 fully saturated rings. The van der Waals surface area contributed by atoms with Crippen molar-refractivity contribution in [1.29, 1.82) is 0 Å². The fourth-order valence-corrected chi connectivity index (χ4v) is 0.469. The van der Waals surface area contributed by atoms with Crippen LogP contribution < -0.4 is 5.73 Å². The van der Waals surface area contributed by atoms with Crippen LogP contribution in [0.15, 0.2) is 24.3 Å². The maximum atomic E-state index is 10.9. The summed E-state index contributed by atoms with van der Waals surface area (Å²) >= 11 is 0. The molecule has 0 aliphatic rings. The molecule has 0 aliphatic carbocycles. The molecule has 0 unspecified atom stereocenters. The predicted octanol–water partition coefficient (Wildman–Crippen LogP) is -0.674. The summed E-state index contributed by atoms with van der Waals surface area (Å²) in [4.78, 5) is 31.2. The van der Waals surface area contributed by atoms with Crippen molar-refractivity contribution in [1.82, 2.24) is 0 Å². The maximum Gasteiger partial charge on any atom is 0.338 e. The monoisotopic (exact) mass is 183 g/mol. The first-order valence-corrected chi connectivity index (χ1v) is 3.29. The summed E-state index contributed by atoms with van der Waals surface area (Å²) < 4.78 is 4.35. The van der Waals surface area contributed by atoms with Crippen molar-refractivity contribution in [2.24, 2.45) is 5.73 Å². The molecule has 0 aromatic carbocycles. The van der Waals surface area contributed by atoms with Crippen LogP contribution in [0.4, 0.5) is 0 Å². The average molecular weight is 183 g/mol. The Kier molecular flexibility index (Phi) is 4.15. The highest BCUT2D eigenvalue weighted by atomic mass is 16.5. The number of aldehydes is 1. The third kappa shape index (κ3) is 3.33. The van der Waals surface area contributed by atoms with Crippen LogP contribution in [-0.2, 0) is 19.1 Å². The van der Waals surface area contributed by atoms with Crippen LogP contribution in [0, 0.1) is 0 Å². The molecule has 0 rings (SSSR count). The highest BCUT2D eigenvalue weighted by Crippen LogP contribution is 2.05. The third-order valence-corrected chi connectivity index (χ3v) is 1.19. The van der Waals surface area contributed by atoms with E-state index in [0.717, 1.165) is 0 Å². The normalized spacial score (nSPS) is 8.62. The molecule has 0 aliphatic heterocycles. The first-order valence-electron chi connectivity index (χ1n) is 3.29. The number of rotatable bonds is 5. The molecule has 70 valence electrons. The van der Waals surface area contributed by atoms with Gasteiger partial charge >= 0.3 is 5.97 Å². The zero-order valence-electron chi connectivity index (χ0n) is 6.91. The van der Waals surface area contributed by atoms with Crippen LogP contribution in [0.3, 0.4) is 0 Å². The van der Waals surface area contributed by atoms with Crippen molar-refractivity contribution in [3.8, 4) is 0 Å². The van der Waals surface area contributed by atoms with Crippen LogP contribution in [0.25, 0.3) is 0 Å². The van der Waals surface area contributed by atoms with Crippen LogP contribution in [0.2, 0.25) is 0 Å². The van der Waals surface area contributed by atoms with Gasteiger partial charge in [0, 0.05) is 5.57 Å². The number of carbonyl (C=O) groups is 3. The number of amides is 1. The molecule has 5 heteroatoms. The molecule has 5 nitrogen and oxygen atoms in total. The second kappa shape index (κ2) is 4.87. The summed E-state index contributed by atoms with van der Waals surface area (Å²) in [7, 11) is 0. The van der Waals surface area contributed by atoms with Gasteiger partial charge in [-0.15, -0.1) is 0 Å². The van der Waals surface area contributed by atoms with Crippen molar-refractivity contribution in [3.05, 3.63) is 24.3 Å². The number of hydrogen-bond donors (Lipinski definition) is 1. The number of ether oxygens (including phenoxy) is 1. The second-order valence-corrected chi connectivity index (χ2v) is 2.09. The number of nitrogens with two attached hydrogens (primary N) is 1. The van der Waals surface area contributed by atoms with Gasteiger partial charge in [0.2, 0.25) is 5.91 Å². The summed E-state index contributed by atoms with van der Waals surface area (Å²) in [6.45, 7) is 6.07. The molecule has 0 aromatic heterocycles. The molecule has 1 amide bonds. The molecule has 0 atom stereocenters. The Hall–Kier alpha value is -1.91. The average Bonchev–Trinajstić information content (AvgIpc) is 2.11. The number of primary amides is 1. The van der Waals surface area contributed by atoms with Crippen LogP contribution in [0.5, 0.6) is 0 Å². The Balaban J connectivity index is 4.26. The maximum absolute atomic E-state index is 10.9. The van der Waals surface area contributed by atoms with Gasteiger partial charge in [-0.2, -0.15) is 0 Å². The van der Waals surface area contributed by atoms with Gasteiger partial charge in [-0.3, -0.25) is 9.59 Å². The van der Waals surface area contributed by atoms with Gasteiger partial charge in [0.05, 0.1) is 5.57 Å². The Morgan fingerprint density at radius 1 is 1.31 bits per heavy atom. The quantitative estimate of drug-likeness (QED) is 0.265. The lowest BCUT2D eigenvalue weighted by atomic mass is 10.1. The lowest BCUT2D eigenvalue weighted by Gasteiger charge is -2.03. The van der Waals surface area contributed by atoms with E-state index in [1.807, 2.05) is 0 Å². The summed E-state index contributed by atoms with van der Waals surface area (Å²) in [6, 6.07) is 0. The lowest BCUT2D eigenvalue weighted by molar-refractivity contribution is -0.141. The van der Waals surface area contributed by atoms with E-state index in [-0.39, 0.29) is 17.8 Å². The van der Waals surface area contributed by atoms with Crippen LogP contribution >= 0.6 is 0 Å². The van der Waals surface area contributed by atoms with Gasteiger partial charge in [0.15, 0.2) is 6.29 Å². The van der Waals surface area contributed by atoms with Crippen molar-refractivity contribution in [2.45, 2.75) is 0 Å². The van der Waals surface area contributed by atoms with E-state index >= 15 is 0 Å². The van der Waals surface area contributed by atoms with Gasteiger partial charge < -0.3 is 10.5 Å². The Bertz CT molecular complexity index is 280. The second-order valence-electron chi connectivity index (χ2n) is 2.09. The Morgan fingerprint density at radius 2 is 1.85 bits per heavy atom. The smallest absolute Gasteiger partial charge is 0.338 e. The summed E-state index contributed by atoms with van der Waals surface area (Å²) in [5, 5.41) is 0. The molecular formula is C8H9NO4. The summed E-state index contributed by atoms with van der Waals surface area (Å²) in [6.07, 6.45) is 0.401. The first-order chi connectivity index (χ1) is 6.00. The SMILES string of the molecule is C=C(C(=C)C(=O)OCC=O)C(N)=O. The van der Waals surface area contributed by atoms with Gasteiger partial charge in [-0.05, 0) is 0 Å². The van der Waals surface area contributed by atoms with E-state index in [1.165, 1.54) is 0 Å². The summed E-state index contributed by atoms with van der Waals surface area (Å²) in [5.41, 5.74) is 4.36. The molecule has 0 heterocycles. The highest BCUT2D eigenvalue weighted by molar-refractivity contribution is 6.07. The van der Waals surface area contributed by atoms with E-state index in [4.69, 9.17) is 5.73 Å². The van der Waals surface area contributed by atoms with Crippen LogP contribution in [-0.4, -0.2) is 24.8 Å². The minimum absolute atomic E-state index is 0.226. The lowest BCUT2D eigenvalue weighted by Crippen LogP contribution is -2.19. The zero-order chi connectivity index (χ0) is 10.4. The third-order valence-electron chi connectivity index (χ3n) is 1.19. The van der Waals surface area contributed by atoms with E-state index in [2.05, 4.69) is 17.9 Å². The van der Waals surface area contributed by atoms with E-state index in [0.29, 0.717) is 6.29 Å². The molecule has 0 saturated heterocycles. The van der Waals surface area contributed by atoms with E-state index < -0.39 is 11.9 Å². The molecule has 2 N–H and O–H groups in total. The molecule has 0 saturated carbocycles. The number of hydrogen-bond acceptors (Lipinski definition) is 4. The minimum atomic E-state index is -0.879. The molecule has 0 bridgehead atoms. The van der Waals surface area contributed by atoms with E-state index in [1.54, 1.807) is 0 Å². The van der Waals surface area contributed by atoms with Gasteiger partial charge in [0.25, 0.3) is 0 Å². The topological polar surface area (TPSA) is 86.5 Å². The van der Waals surface area contributed by atoms with Crippen molar-refractivity contribution in [3.63, 3.8) is 0 Å². The predicted molar refractivity (Wildman–Crippen MR) is 44.5 cm³/mol. The van der Waals surface area contributed by atoms with Gasteiger partial charge in [-0.1, -0.05) is 13.2 Å². The van der Waals surface area contributed by atoms with Gasteiger partial charge in [-0.25, -0.2) is 4.79 Å². The fourth-order valence-electron chi connectivity index (χ4n) is 0.469. The van der Waals surface area contributed by atoms with Gasteiger partial charge in [0.1, 0.15) is 6.61 Å². The Labute approximate surface area is 74.9 Å². The molecular weight excluding hydrogens is 174 g/mol. The van der Waals surface area contributed by atoms with Crippen molar-refractivity contribution >= 4 is 18.2 Å². The molecule has 13 heavy (non-hydrogen) atoms. The Morgan fingerprint density at radius 3 is 2.23 bits per heavy atom. The molecule has 0 aromatic rings. The van der Waals surface area contributed by atoms with Crippen molar-refractivity contribution < 1.29 is 19.1 Å².